The molecule has 0 amide bonds. The first-order valence-corrected chi connectivity index (χ1v) is 9.74. The first-order valence-electron chi connectivity index (χ1n) is 5.75. The van der Waals surface area contributed by atoms with Gasteiger partial charge in [0.15, 0.2) is 9.84 Å². The standard InChI is InChI=1S/C12H20O5SSi/c1-15-19(16-2,17-3)10-12-7-5-11(6-8-12)9-18(4,13)14/h5-8H,9-10H2,1-4H3. The van der Waals surface area contributed by atoms with Crippen LogP contribution in [0.5, 0.6) is 0 Å². The van der Waals surface area contributed by atoms with Gasteiger partial charge >= 0.3 is 8.80 Å². The first-order chi connectivity index (χ1) is 8.84. The van der Waals surface area contributed by atoms with Crippen LogP contribution in [0.2, 0.25) is 0 Å². The highest BCUT2D eigenvalue weighted by molar-refractivity contribution is 7.89. The molecule has 0 unspecified atom stereocenters. The van der Waals surface area contributed by atoms with Crippen molar-refractivity contribution in [2.45, 2.75) is 11.8 Å². The van der Waals surface area contributed by atoms with Gasteiger partial charge in [0, 0.05) is 33.6 Å². The van der Waals surface area contributed by atoms with E-state index in [1.807, 2.05) is 12.1 Å². The van der Waals surface area contributed by atoms with E-state index in [-0.39, 0.29) is 5.75 Å². The van der Waals surface area contributed by atoms with E-state index < -0.39 is 18.6 Å². The number of benzene rings is 1. The van der Waals surface area contributed by atoms with E-state index in [1.54, 1.807) is 33.5 Å². The van der Waals surface area contributed by atoms with Crippen molar-refractivity contribution in [3.63, 3.8) is 0 Å². The lowest BCUT2D eigenvalue weighted by Gasteiger charge is -2.24. The van der Waals surface area contributed by atoms with Crippen LogP contribution in [0.15, 0.2) is 24.3 Å². The van der Waals surface area contributed by atoms with Crippen LogP contribution in [0.3, 0.4) is 0 Å². The number of hydrogen-bond acceptors (Lipinski definition) is 5. The van der Waals surface area contributed by atoms with Crippen LogP contribution in [0.1, 0.15) is 11.1 Å². The largest absolute Gasteiger partial charge is 0.504 e. The molecule has 0 saturated carbocycles. The summed E-state index contributed by atoms with van der Waals surface area (Å²) in [5, 5.41) is 0. The Labute approximate surface area is 115 Å². The second-order valence-corrected chi connectivity index (χ2v) is 9.44. The van der Waals surface area contributed by atoms with E-state index in [0.29, 0.717) is 6.04 Å². The Balaban J connectivity index is 2.82. The fourth-order valence-electron chi connectivity index (χ4n) is 1.77. The highest BCUT2D eigenvalue weighted by Gasteiger charge is 2.37. The Morgan fingerprint density at radius 3 is 1.74 bits per heavy atom. The summed E-state index contributed by atoms with van der Waals surface area (Å²) in [4.78, 5) is 0. The van der Waals surface area contributed by atoms with Gasteiger partial charge in [-0.05, 0) is 11.1 Å². The Kier molecular flexibility index (Phi) is 5.69. The number of sulfone groups is 1. The van der Waals surface area contributed by atoms with Crippen LogP contribution in [0, 0.1) is 0 Å². The average Bonchev–Trinajstić information content (AvgIpc) is 2.37. The van der Waals surface area contributed by atoms with Gasteiger partial charge in [0.1, 0.15) is 0 Å². The van der Waals surface area contributed by atoms with Gasteiger partial charge in [-0.3, -0.25) is 0 Å². The van der Waals surface area contributed by atoms with Crippen molar-refractivity contribution in [2.24, 2.45) is 0 Å². The smallest absolute Gasteiger partial charge is 0.377 e. The molecule has 0 N–H and O–H groups in total. The summed E-state index contributed by atoms with van der Waals surface area (Å²) in [6.07, 6.45) is 1.22. The minimum absolute atomic E-state index is 0.0503. The average molecular weight is 304 g/mol. The van der Waals surface area contributed by atoms with E-state index in [0.717, 1.165) is 11.1 Å². The normalized spacial score (nSPS) is 12.6. The molecular weight excluding hydrogens is 284 g/mol. The lowest BCUT2D eigenvalue weighted by molar-refractivity contribution is 0.122. The third-order valence-corrected chi connectivity index (χ3v) is 6.37. The summed E-state index contributed by atoms with van der Waals surface area (Å²) in [5.74, 6) is 0.0503. The molecule has 0 radical (unpaired) electrons. The van der Waals surface area contributed by atoms with Crippen molar-refractivity contribution < 1.29 is 21.7 Å². The molecule has 19 heavy (non-hydrogen) atoms. The van der Waals surface area contributed by atoms with Gasteiger partial charge in [0.05, 0.1) is 5.75 Å². The molecule has 1 aromatic rings. The summed E-state index contributed by atoms with van der Waals surface area (Å²) >= 11 is 0. The summed E-state index contributed by atoms with van der Waals surface area (Å²) in [7, 11) is -0.945. The van der Waals surface area contributed by atoms with E-state index in [9.17, 15) is 8.42 Å². The minimum atomic E-state index is -3.00. The third kappa shape index (κ3) is 5.04. The topological polar surface area (TPSA) is 61.8 Å². The number of rotatable bonds is 7. The van der Waals surface area contributed by atoms with Crippen LogP contribution in [-0.2, 0) is 34.9 Å². The summed E-state index contributed by atoms with van der Waals surface area (Å²) in [5.41, 5.74) is 1.76. The molecule has 0 aliphatic heterocycles. The van der Waals surface area contributed by atoms with Gasteiger partial charge in [0.25, 0.3) is 0 Å². The minimum Gasteiger partial charge on any atom is -0.377 e. The molecule has 5 nitrogen and oxygen atoms in total. The summed E-state index contributed by atoms with van der Waals surface area (Å²) in [6, 6.07) is 7.90. The Hall–Kier alpha value is -0.733. The predicted octanol–water partition coefficient (Wildman–Crippen LogP) is 1.19. The van der Waals surface area contributed by atoms with Crippen LogP contribution < -0.4 is 0 Å². The van der Waals surface area contributed by atoms with Crippen LogP contribution in [0.4, 0.5) is 0 Å². The molecule has 108 valence electrons. The highest BCUT2D eigenvalue weighted by atomic mass is 32.2. The lowest BCUT2D eigenvalue weighted by atomic mass is 10.2. The maximum Gasteiger partial charge on any atom is 0.504 e. The Bertz CT molecular complexity index is 485. The van der Waals surface area contributed by atoms with Gasteiger partial charge in [-0.25, -0.2) is 8.42 Å². The molecule has 1 aromatic carbocycles. The van der Waals surface area contributed by atoms with Crippen molar-refractivity contribution in [3.05, 3.63) is 35.4 Å². The molecule has 0 saturated heterocycles. The van der Waals surface area contributed by atoms with Gasteiger partial charge in [-0.1, -0.05) is 24.3 Å². The van der Waals surface area contributed by atoms with Crippen LogP contribution >= 0.6 is 0 Å². The van der Waals surface area contributed by atoms with Gasteiger partial charge in [0.2, 0.25) is 0 Å². The molecule has 0 aliphatic rings. The SMILES string of the molecule is CO[Si](Cc1ccc(CS(C)(=O)=O)cc1)(OC)OC. The quantitative estimate of drug-likeness (QED) is 0.708. The van der Waals surface area contributed by atoms with E-state index in [4.69, 9.17) is 13.3 Å². The molecule has 0 atom stereocenters. The molecule has 7 heteroatoms. The van der Waals surface area contributed by atoms with E-state index in [2.05, 4.69) is 0 Å². The van der Waals surface area contributed by atoms with Gasteiger partial charge in [-0.2, -0.15) is 0 Å². The van der Waals surface area contributed by atoms with Crippen LogP contribution in [0.25, 0.3) is 0 Å². The lowest BCUT2D eigenvalue weighted by Crippen LogP contribution is -2.45. The molecule has 0 heterocycles. The van der Waals surface area contributed by atoms with Crippen LogP contribution in [-0.4, -0.2) is 44.8 Å². The second kappa shape index (κ2) is 6.62. The maximum atomic E-state index is 11.2. The second-order valence-electron chi connectivity index (χ2n) is 4.36. The van der Waals surface area contributed by atoms with E-state index >= 15 is 0 Å². The van der Waals surface area contributed by atoms with Gasteiger partial charge < -0.3 is 13.3 Å². The fraction of sp³-hybridized carbons (Fsp3) is 0.500. The summed E-state index contributed by atoms with van der Waals surface area (Å²) < 4.78 is 38.4. The summed E-state index contributed by atoms with van der Waals surface area (Å²) in [6.45, 7) is 0. The zero-order valence-corrected chi connectivity index (χ0v) is 13.5. The van der Waals surface area contributed by atoms with Gasteiger partial charge in [-0.15, -0.1) is 0 Å². The predicted molar refractivity (Wildman–Crippen MR) is 75.5 cm³/mol. The number of hydrogen-bond donors (Lipinski definition) is 0. The van der Waals surface area contributed by atoms with Crippen molar-refractivity contribution in [2.75, 3.05) is 27.6 Å². The molecule has 0 bridgehead atoms. The van der Waals surface area contributed by atoms with Crippen molar-refractivity contribution >= 4 is 18.6 Å². The molecule has 0 aliphatic carbocycles. The highest BCUT2D eigenvalue weighted by Crippen LogP contribution is 2.16. The zero-order chi connectivity index (χ0) is 14.5. The molecule has 0 fully saturated rings. The third-order valence-electron chi connectivity index (χ3n) is 2.81. The zero-order valence-electron chi connectivity index (χ0n) is 11.7. The van der Waals surface area contributed by atoms with E-state index in [1.165, 1.54) is 6.26 Å². The fourth-order valence-corrected chi connectivity index (χ4v) is 4.24. The monoisotopic (exact) mass is 304 g/mol. The van der Waals surface area contributed by atoms with Crippen molar-refractivity contribution in [3.8, 4) is 0 Å². The Morgan fingerprint density at radius 2 is 1.37 bits per heavy atom. The molecule has 0 spiro atoms. The molecule has 1 rings (SSSR count). The van der Waals surface area contributed by atoms with Crippen molar-refractivity contribution in [1.29, 1.82) is 0 Å². The molecule has 0 aromatic heterocycles. The molecular formula is C12H20O5SSi. The van der Waals surface area contributed by atoms with Crippen molar-refractivity contribution in [1.82, 2.24) is 0 Å². The Morgan fingerprint density at radius 1 is 0.947 bits per heavy atom. The first kappa shape index (κ1) is 16.3. The maximum absolute atomic E-state index is 11.2.